The van der Waals surface area contributed by atoms with Crippen molar-refractivity contribution < 1.29 is 28.6 Å². The van der Waals surface area contributed by atoms with E-state index in [9.17, 15) is 19.5 Å². The zero-order valence-corrected chi connectivity index (χ0v) is 22.1. The summed E-state index contributed by atoms with van der Waals surface area (Å²) in [6.07, 6.45) is 3.32. The Hall–Kier alpha value is -2.94. The quantitative estimate of drug-likeness (QED) is 0.213. The van der Waals surface area contributed by atoms with E-state index in [1.165, 1.54) is 30.7 Å². The van der Waals surface area contributed by atoms with Gasteiger partial charge in [-0.15, -0.1) is 11.3 Å². The number of aliphatic imine (C=N–C) groups is 1. The number of ketones is 1. The summed E-state index contributed by atoms with van der Waals surface area (Å²) in [4.78, 5) is 41.6. The van der Waals surface area contributed by atoms with Crippen LogP contribution in [-0.2, 0) is 11.2 Å². The highest BCUT2D eigenvalue weighted by Gasteiger charge is 2.35. The Kier molecular flexibility index (Phi) is 10.2. The van der Waals surface area contributed by atoms with Crippen molar-refractivity contribution in [1.29, 1.82) is 0 Å². The third kappa shape index (κ3) is 7.78. The molecule has 0 fully saturated rings. The van der Waals surface area contributed by atoms with Crippen molar-refractivity contribution in [2.24, 2.45) is 16.3 Å². The second kappa shape index (κ2) is 12.7. The molecule has 0 aliphatic heterocycles. The molecule has 9 heteroatoms. The van der Waals surface area contributed by atoms with E-state index in [1.54, 1.807) is 6.92 Å². The first-order valence-corrected chi connectivity index (χ1v) is 12.5. The lowest BCUT2D eigenvalue weighted by Crippen LogP contribution is -2.33. The molecular weight excluding hydrogens is 470 g/mol. The molecule has 2 atom stereocenters. The van der Waals surface area contributed by atoms with E-state index in [0.29, 0.717) is 38.1 Å². The molecule has 0 saturated carbocycles. The van der Waals surface area contributed by atoms with Crippen molar-refractivity contribution in [2.75, 3.05) is 13.7 Å². The Balaban J connectivity index is 2.09. The molecule has 1 N–H and O–H groups in total. The highest BCUT2D eigenvalue weighted by atomic mass is 32.1. The number of hydrogen-bond acceptors (Lipinski definition) is 8. The molecule has 1 amide bonds. The molecule has 2 aromatic rings. The number of unbranched alkanes of at least 4 members (excludes halogenated alkanes) is 1. The third-order valence-corrected chi connectivity index (χ3v) is 7.14. The Morgan fingerprint density at radius 2 is 2.00 bits per heavy atom. The van der Waals surface area contributed by atoms with Crippen molar-refractivity contribution >= 4 is 29.4 Å². The van der Waals surface area contributed by atoms with Gasteiger partial charge in [0, 0.05) is 29.0 Å². The fraction of sp³-hybridized carbons (Fsp3) is 0.538. The maximum atomic E-state index is 13.2. The Morgan fingerprint density at radius 3 is 2.63 bits per heavy atom. The summed E-state index contributed by atoms with van der Waals surface area (Å²) < 4.78 is 15.4. The van der Waals surface area contributed by atoms with Gasteiger partial charge in [-0.2, -0.15) is 4.99 Å². The fourth-order valence-corrected chi connectivity index (χ4v) is 4.82. The number of methoxy groups -OCH3 is 1. The largest absolute Gasteiger partial charge is 0.507 e. The lowest BCUT2D eigenvalue weighted by molar-refractivity contribution is 0.0812. The van der Waals surface area contributed by atoms with E-state index in [2.05, 4.69) is 9.73 Å². The summed E-state index contributed by atoms with van der Waals surface area (Å²) in [5.74, 6) is -1.20. The molecule has 0 aliphatic rings. The van der Waals surface area contributed by atoms with Crippen molar-refractivity contribution in [2.45, 2.75) is 66.2 Å². The summed E-state index contributed by atoms with van der Waals surface area (Å²) in [5, 5.41) is 11.4. The van der Waals surface area contributed by atoms with Gasteiger partial charge in [-0.05, 0) is 50.2 Å². The number of ether oxygens (including phenoxy) is 2. The van der Waals surface area contributed by atoms with Crippen LogP contribution < -0.4 is 10.4 Å². The van der Waals surface area contributed by atoms with Crippen LogP contribution in [0.15, 0.2) is 32.4 Å². The summed E-state index contributed by atoms with van der Waals surface area (Å²) in [6, 6.07) is 5.26. The van der Waals surface area contributed by atoms with Gasteiger partial charge >= 0.3 is 11.7 Å². The first-order chi connectivity index (χ1) is 16.5. The number of carbonyl (C=O) groups is 2. The van der Waals surface area contributed by atoms with Crippen molar-refractivity contribution in [3.63, 3.8) is 0 Å². The maximum Gasteiger partial charge on any atom is 0.432 e. The molecule has 2 aromatic heterocycles. The van der Waals surface area contributed by atoms with E-state index < -0.39 is 28.8 Å². The molecule has 0 spiro atoms. The van der Waals surface area contributed by atoms with Crippen LogP contribution in [0.25, 0.3) is 0 Å². The number of thiophene rings is 1. The number of amides is 1. The van der Waals surface area contributed by atoms with Crippen LogP contribution in [0.3, 0.4) is 0 Å². The molecule has 0 aromatic carbocycles. The van der Waals surface area contributed by atoms with E-state index in [0.717, 1.165) is 9.94 Å². The van der Waals surface area contributed by atoms with Crippen LogP contribution in [-0.4, -0.2) is 36.9 Å². The number of nitrogens with zero attached hydrogens (tertiary/aromatic N) is 1. The SMILES string of the molecule is CCOc1ccc(CC(C)(C)C(C)C(=O)c2c(O)cc(C(C)CCCC=NC(=O)OC)oc2=O)s1. The van der Waals surface area contributed by atoms with Gasteiger partial charge in [0.1, 0.15) is 17.1 Å². The molecule has 2 heterocycles. The lowest BCUT2D eigenvalue weighted by atomic mass is 9.73. The molecule has 0 bridgehead atoms. The highest BCUT2D eigenvalue weighted by Crippen LogP contribution is 2.37. The second-order valence-electron chi connectivity index (χ2n) is 9.22. The molecule has 2 unspecified atom stereocenters. The standard InChI is InChI=1S/C26H35NO7S/c1-7-33-21-12-11-18(35-21)15-26(4,5)17(3)23(29)22-19(28)14-20(34-24(22)30)16(2)10-8-9-13-27-25(31)32-6/h11-14,16-17,28H,7-10,15H2,1-6H3. The van der Waals surface area contributed by atoms with Crippen LogP contribution in [0.2, 0.25) is 0 Å². The summed E-state index contributed by atoms with van der Waals surface area (Å²) >= 11 is 1.54. The normalized spacial score (nSPS) is 13.5. The lowest BCUT2D eigenvalue weighted by Gasteiger charge is -2.30. The molecule has 0 saturated heterocycles. The van der Waals surface area contributed by atoms with Gasteiger partial charge in [-0.25, -0.2) is 9.59 Å². The van der Waals surface area contributed by atoms with Crippen LogP contribution in [0.4, 0.5) is 4.79 Å². The smallest absolute Gasteiger partial charge is 0.432 e. The second-order valence-corrected chi connectivity index (χ2v) is 10.3. The van der Waals surface area contributed by atoms with E-state index in [4.69, 9.17) is 9.15 Å². The highest BCUT2D eigenvalue weighted by molar-refractivity contribution is 7.13. The zero-order chi connectivity index (χ0) is 26.2. The van der Waals surface area contributed by atoms with Gasteiger partial charge in [-0.1, -0.05) is 27.7 Å². The number of carbonyl (C=O) groups excluding carboxylic acids is 2. The monoisotopic (exact) mass is 505 g/mol. The molecule has 0 aliphatic carbocycles. The van der Waals surface area contributed by atoms with Crippen molar-refractivity contribution in [3.05, 3.63) is 44.8 Å². The van der Waals surface area contributed by atoms with Gasteiger partial charge in [0.25, 0.3) is 0 Å². The number of rotatable bonds is 12. The minimum Gasteiger partial charge on any atom is -0.507 e. The fourth-order valence-electron chi connectivity index (χ4n) is 3.66. The zero-order valence-electron chi connectivity index (χ0n) is 21.3. The predicted octanol–water partition coefficient (Wildman–Crippen LogP) is 6.00. The molecule has 2 rings (SSSR count). The van der Waals surface area contributed by atoms with Gasteiger partial charge in [-0.3, -0.25) is 4.79 Å². The van der Waals surface area contributed by atoms with E-state index in [-0.39, 0.29) is 17.2 Å². The average Bonchev–Trinajstić information content (AvgIpc) is 3.23. The van der Waals surface area contributed by atoms with Crippen LogP contribution in [0.1, 0.15) is 80.8 Å². The van der Waals surface area contributed by atoms with Gasteiger partial charge in [0.15, 0.2) is 10.8 Å². The van der Waals surface area contributed by atoms with Crippen molar-refractivity contribution in [1.82, 2.24) is 0 Å². The van der Waals surface area contributed by atoms with E-state index in [1.807, 2.05) is 39.8 Å². The molecule has 192 valence electrons. The third-order valence-electron chi connectivity index (χ3n) is 6.14. The first-order valence-electron chi connectivity index (χ1n) is 11.7. The van der Waals surface area contributed by atoms with Crippen LogP contribution in [0, 0.1) is 11.3 Å². The average molecular weight is 506 g/mol. The molecule has 35 heavy (non-hydrogen) atoms. The van der Waals surface area contributed by atoms with Crippen molar-refractivity contribution in [3.8, 4) is 10.8 Å². The maximum absolute atomic E-state index is 13.2. The van der Waals surface area contributed by atoms with Gasteiger partial charge in [0.05, 0.1) is 13.7 Å². The summed E-state index contributed by atoms with van der Waals surface area (Å²) in [5.41, 5.74) is -1.61. The number of aromatic hydroxyl groups is 1. The topological polar surface area (TPSA) is 115 Å². The Labute approximate surface area is 210 Å². The number of hydrogen-bond donors (Lipinski definition) is 1. The predicted molar refractivity (Wildman–Crippen MR) is 136 cm³/mol. The molecule has 8 nitrogen and oxygen atoms in total. The molecular formula is C26H35NO7S. The first kappa shape index (κ1) is 28.3. The number of Topliss-reactive ketones (excluding diaryl/α,β-unsaturated/α-hetero) is 1. The summed E-state index contributed by atoms with van der Waals surface area (Å²) in [7, 11) is 1.26. The van der Waals surface area contributed by atoms with Gasteiger partial charge < -0.3 is 19.0 Å². The Morgan fingerprint density at radius 1 is 1.29 bits per heavy atom. The van der Waals surface area contributed by atoms with Crippen LogP contribution >= 0.6 is 11.3 Å². The molecule has 0 radical (unpaired) electrons. The summed E-state index contributed by atoms with van der Waals surface area (Å²) in [6.45, 7) is 10.1. The Bertz CT molecular complexity index is 1100. The minimum absolute atomic E-state index is 0.170. The minimum atomic E-state index is -0.832. The van der Waals surface area contributed by atoms with E-state index >= 15 is 0 Å². The van der Waals surface area contributed by atoms with Gasteiger partial charge in [0.2, 0.25) is 0 Å². The van der Waals surface area contributed by atoms with Crippen LogP contribution in [0.5, 0.6) is 10.8 Å².